The molecule has 31 heavy (non-hydrogen) atoms. The van der Waals surface area contributed by atoms with E-state index >= 15 is 0 Å². The number of esters is 1. The number of amides is 4. The molecule has 0 spiro atoms. The number of carboxylic acid groups (broad SMARTS) is 1. The molecule has 13 heteroatoms. The first-order valence-corrected chi connectivity index (χ1v) is 9.46. The zero-order valence-corrected chi connectivity index (χ0v) is 17.1. The molecule has 0 saturated carbocycles. The van der Waals surface area contributed by atoms with Crippen LogP contribution in [0, 0.1) is 0 Å². The van der Waals surface area contributed by atoms with E-state index in [4.69, 9.17) is 9.84 Å². The molecular weight excluding hydrogens is 416 g/mol. The lowest BCUT2D eigenvalue weighted by Crippen LogP contribution is -2.42. The number of carbonyl (C=O) groups is 6. The van der Waals surface area contributed by atoms with Gasteiger partial charge in [-0.1, -0.05) is 13.0 Å². The molecule has 0 aromatic heterocycles. The molecule has 0 rings (SSSR count). The molecule has 174 valence electrons. The molecule has 5 N–H and O–H groups in total. The van der Waals surface area contributed by atoms with Crippen molar-refractivity contribution >= 4 is 35.8 Å². The molecule has 0 fully saturated rings. The number of carboxylic acids is 1. The minimum absolute atomic E-state index is 0.0661. The topological polar surface area (TPSA) is 189 Å². The van der Waals surface area contributed by atoms with E-state index in [1.807, 2.05) is 0 Å². The van der Waals surface area contributed by atoms with Crippen LogP contribution in [0.15, 0.2) is 12.7 Å². The molecular formula is C18H28N4O9. The quantitative estimate of drug-likeness (QED) is 0.106. The number of nitrogens with one attached hydrogen (secondary N) is 4. The summed E-state index contributed by atoms with van der Waals surface area (Å²) in [5, 5.41) is 17.6. The van der Waals surface area contributed by atoms with Crippen molar-refractivity contribution in [1.82, 2.24) is 21.3 Å². The largest absolute Gasteiger partial charge is 0.480 e. The van der Waals surface area contributed by atoms with Gasteiger partial charge in [-0.05, 0) is 12.8 Å². The van der Waals surface area contributed by atoms with Crippen molar-refractivity contribution in [2.45, 2.75) is 25.7 Å². The minimum Gasteiger partial charge on any atom is -0.480 e. The standard InChI is InChI=1S/C18H28N4O9/c1-2-17(28)30-8-9-31-18(29)19-7-5-3-4-6-13(23)20-10-14(24)21-11-15(25)22-12-16(26)27/h2H,1,3-12H2,(H,19,29)(H,20,23)(H,21,24)(H,22,25)(H,26,27). The smallest absolute Gasteiger partial charge is 0.407 e. The molecule has 0 unspecified atom stereocenters. The van der Waals surface area contributed by atoms with Crippen LogP contribution in [-0.2, 0) is 33.4 Å². The Balaban J connectivity index is 3.60. The summed E-state index contributed by atoms with van der Waals surface area (Å²) in [6, 6.07) is 0. The summed E-state index contributed by atoms with van der Waals surface area (Å²) in [6.45, 7) is 2.19. The van der Waals surface area contributed by atoms with Crippen LogP contribution in [0.4, 0.5) is 4.79 Å². The second-order valence-electron chi connectivity index (χ2n) is 5.97. The highest BCUT2D eigenvalue weighted by Gasteiger charge is 2.08. The normalized spacial score (nSPS) is 9.68. The van der Waals surface area contributed by atoms with Crippen LogP contribution in [0.25, 0.3) is 0 Å². The lowest BCUT2D eigenvalue weighted by atomic mass is 10.2. The van der Waals surface area contributed by atoms with Crippen LogP contribution >= 0.6 is 0 Å². The number of alkyl carbamates (subject to hydrolysis) is 1. The van der Waals surface area contributed by atoms with E-state index < -0.39 is 42.9 Å². The van der Waals surface area contributed by atoms with E-state index in [-0.39, 0.29) is 32.1 Å². The second kappa shape index (κ2) is 17.2. The Kier molecular flexibility index (Phi) is 15.2. The Hall–Kier alpha value is -3.64. The summed E-state index contributed by atoms with van der Waals surface area (Å²) in [5.41, 5.74) is 0. The SMILES string of the molecule is C=CC(=O)OCCOC(=O)NCCCCCC(=O)NCC(=O)NCC(=O)NCC(=O)O. The Morgan fingerprint density at radius 1 is 0.742 bits per heavy atom. The number of ether oxygens (including phenoxy) is 2. The van der Waals surface area contributed by atoms with Gasteiger partial charge >= 0.3 is 18.0 Å². The predicted molar refractivity (Wildman–Crippen MR) is 106 cm³/mol. The van der Waals surface area contributed by atoms with Crippen LogP contribution in [0.5, 0.6) is 0 Å². The predicted octanol–water partition coefficient (Wildman–Crippen LogP) is -1.56. The third-order valence-corrected chi connectivity index (χ3v) is 3.41. The number of aliphatic carboxylic acids is 1. The van der Waals surface area contributed by atoms with Crippen molar-refractivity contribution in [3.63, 3.8) is 0 Å². The second-order valence-corrected chi connectivity index (χ2v) is 5.97. The monoisotopic (exact) mass is 444 g/mol. The van der Waals surface area contributed by atoms with Gasteiger partial charge in [0, 0.05) is 19.0 Å². The maximum Gasteiger partial charge on any atom is 0.407 e. The maximum absolute atomic E-state index is 11.7. The molecule has 0 bridgehead atoms. The highest BCUT2D eigenvalue weighted by molar-refractivity contribution is 5.89. The van der Waals surface area contributed by atoms with E-state index in [1.54, 1.807) is 0 Å². The fourth-order valence-corrected chi connectivity index (χ4v) is 1.91. The summed E-state index contributed by atoms with van der Waals surface area (Å²) in [5.74, 6) is -3.39. The molecule has 0 saturated heterocycles. The molecule has 0 aliphatic carbocycles. The van der Waals surface area contributed by atoms with Gasteiger partial charge in [0.05, 0.1) is 13.1 Å². The molecule has 4 amide bonds. The van der Waals surface area contributed by atoms with Gasteiger partial charge in [0.15, 0.2) is 0 Å². The highest BCUT2D eigenvalue weighted by atomic mass is 16.6. The summed E-state index contributed by atoms with van der Waals surface area (Å²) in [6.07, 6.45) is 2.35. The van der Waals surface area contributed by atoms with Gasteiger partial charge in [-0.25, -0.2) is 9.59 Å². The van der Waals surface area contributed by atoms with Crippen LogP contribution < -0.4 is 21.3 Å². The average molecular weight is 444 g/mol. The molecule has 0 heterocycles. The number of hydrogen-bond donors (Lipinski definition) is 5. The Bertz CT molecular complexity index is 652. The Labute approximate surface area is 178 Å². The van der Waals surface area contributed by atoms with Gasteiger partial charge in [-0.2, -0.15) is 0 Å². The third kappa shape index (κ3) is 18.1. The Morgan fingerprint density at radius 2 is 1.32 bits per heavy atom. The maximum atomic E-state index is 11.7. The van der Waals surface area contributed by atoms with Crippen molar-refractivity contribution < 1.29 is 43.3 Å². The van der Waals surface area contributed by atoms with E-state index in [1.165, 1.54) is 0 Å². The van der Waals surface area contributed by atoms with Crippen molar-refractivity contribution in [3.8, 4) is 0 Å². The van der Waals surface area contributed by atoms with Gasteiger partial charge < -0.3 is 35.8 Å². The molecule has 0 aromatic rings. The molecule has 13 nitrogen and oxygen atoms in total. The van der Waals surface area contributed by atoms with Crippen molar-refractivity contribution in [2.24, 2.45) is 0 Å². The fourth-order valence-electron chi connectivity index (χ4n) is 1.91. The fraction of sp³-hybridized carbons (Fsp3) is 0.556. The summed E-state index contributed by atoms with van der Waals surface area (Å²) in [4.78, 5) is 66.8. The first-order valence-electron chi connectivity index (χ1n) is 9.46. The highest BCUT2D eigenvalue weighted by Crippen LogP contribution is 1.99. The number of rotatable bonds is 16. The summed E-state index contributed by atoms with van der Waals surface area (Å²) in [7, 11) is 0. The third-order valence-electron chi connectivity index (χ3n) is 3.41. The average Bonchev–Trinajstić information content (AvgIpc) is 2.74. The van der Waals surface area contributed by atoms with E-state index in [0.717, 1.165) is 6.08 Å². The van der Waals surface area contributed by atoms with E-state index in [2.05, 4.69) is 32.6 Å². The van der Waals surface area contributed by atoms with Crippen LogP contribution in [0.1, 0.15) is 25.7 Å². The zero-order valence-electron chi connectivity index (χ0n) is 17.1. The van der Waals surface area contributed by atoms with Gasteiger partial charge in [0.1, 0.15) is 19.8 Å². The van der Waals surface area contributed by atoms with Gasteiger partial charge in [0.2, 0.25) is 17.7 Å². The number of carbonyl (C=O) groups excluding carboxylic acids is 5. The first kappa shape index (κ1) is 27.4. The van der Waals surface area contributed by atoms with Crippen molar-refractivity contribution in [1.29, 1.82) is 0 Å². The molecule has 0 aliphatic heterocycles. The minimum atomic E-state index is -1.20. The van der Waals surface area contributed by atoms with Crippen molar-refractivity contribution in [3.05, 3.63) is 12.7 Å². The first-order chi connectivity index (χ1) is 14.7. The Morgan fingerprint density at radius 3 is 1.94 bits per heavy atom. The van der Waals surface area contributed by atoms with Crippen LogP contribution in [0.2, 0.25) is 0 Å². The van der Waals surface area contributed by atoms with E-state index in [9.17, 15) is 28.8 Å². The van der Waals surface area contributed by atoms with Gasteiger partial charge in [0.25, 0.3) is 0 Å². The van der Waals surface area contributed by atoms with Crippen LogP contribution in [-0.4, -0.2) is 80.3 Å². The molecule has 0 radical (unpaired) electrons. The summed E-state index contributed by atoms with van der Waals surface area (Å²) >= 11 is 0. The zero-order chi connectivity index (χ0) is 23.5. The van der Waals surface area contributed by atoms with E-state index in [0.29, 0.717) is 25.8 Å². The van der Waals surface area contributed by atoms with Gasteiger partial charge in [-0.15, -0.1) is 0 Å². The lowest BCUT2D eigenvalue weighted by Gasteiger charge is -2.08. The number of unbranched alkanes of at least 4 members (excludes halogenated alkanes) is 2. The number of hydrogen-bond acceptors (Lipinski definition) is 8. The van der Waals surface area contributed by atoms with Crippen LogP contribution in [0.3, 0.4) is 0 Å². The molecule has 0 atom stereocenters. The van der Waals surface area contributed by atoms with Crippen molar-refractivity contribution in [2.75, 3.05) is 39.4 Å². The van der Waals surface area contributed by atoms with Gasteiger partial charge in [-0.3, -0.25) is 19.2 Å². The molecule has 0 aliphatic rings. The lowest BCUT2D eigenvalue weighted by molar-refractivity contribution is -0.139. The molecule has 0 aromatic carbocycles. The summed E-state index contributed by atoms with van der Waals surface area (Å²) < 4.78 is 9.42.